The second-order valence-electron chi connectivity index (χ2n) is 10.9. The van der Waals surface area contributed by atoms with Crippen LogP contribution in [0.4, 0.5) is 11.8 Å². The smallest absolute Gasteiger partial charge is 0.224 e. The largest absolute Gasteiger partial charge is 0.396 e. The SMILES string of the molecule is Cc1nc(NCC2(C)Cc3ccccc3C2)nc(N[C@@H]2C[C@H](CO)[C@@H](O)[C@H]2O)c1-c1nc2cnccc2s1. The number of hydrogen-bond donors (Lipinski definition) is 5. The van der Waals surface area contributed by atoms with E-state index in [2.05, 4.69) is 46.8 Å². The molecule has 4 aromatic rings. The Bertz CT molecular complexity index is 1420. The molecule has 1 saturated carbocycles. The van der Waals surface area contributed by atoms with Gasteiger partial charge in [0.1, 0.15) is 22.4 Å². The van der Waals surface area contributed by atoms with Crippen LogP contribution in [0.25, 0.3) is 20.8 Å². The number of aryl methyl sites for hydroxylation is 1. The van der Waals surface area contributed by atoms with Crippen LogP contribution in [-0.4, -0.2) is 66.7 Å². The summed E-state index contributed by atoms with van der Waals surface area (Å²) in [5.74, 6) is 0.645. The molecule has 9 nitrogen and oxygen atoms in total. The van der Waals surface area contributed by atoms with Crippen LogP contribution in [0.5, 0.6) is 0 Å². The monoisotopic (exact) mass is 532 g/mol. The van der Waals surface area contributed by atoms with Gasteiger partial charge in [0.05, 0.1) is 34.3 Å². The summed E-state index contributed by atoms with van der Waals surface area (Å²) >= 11 is 1.53. The molecule has 3 heterocycles. The van der Waals surface area contributed by atoms with Crippen LogP contribution in [0.1, 0.15) is 30.2 Å². The molecular weight excluding hydrogens is 500 g/mol. The zero-order valence-electron chi connectivity index (χ0n) is 21.4. The van der Waals surface area contributed by atoms with E-state index in [4.69, 9.17) is 15.0 Å². The van der Waals surface area contributed by atoms with Crippen LogP contribution >= 0.6 is 11.3 Å². The lowest BCUT2D eigenvalue weighted by atomic mass is 9.87. The molecule has 0 amide bonds. The van der Waals surface area contributed by atoms with E-state index in [-0.39, 0.29) is 12.0 Å². The molecule has 0 radical (unpaired) electrons. The summed E-state index contributed by atoms with van der Waals surface area (Å²) in [6, 6.07) is 10.0. The molecule has 4 atom stereocenters. The molecule has 0 unspecified atom stereocenters. The number of aliphatic hydroxyl groups is 3. The minimum atomic E-state index is -1.03. The summed E-state index contributed by atoms with van der Waals surface area (Å²) in [7, 11) is 0. The van der Waals surface area contributed by atoms with Crippen molar-refractivity contribution in [2.24, 2.45) is 11.3 Å². The zero-order valence-corrected chi connectivity index (χ0v) is 22.2. The third-order valence-electron chi connectivity index (χ3n) is 7.88. The van der Waals surface area contributed by atoms with Gasteiger partial charge < -0.3 is 26.0 Å². The second-order valence-corrected chi connectivity index (χ2v) is 11.9. The van der Waals surface area contributed by atoms with Crippen molar-refractivity contribution >= 4 is 33.3 Å². The van der Waals surface area contributed by atoms with E-state index >= 15 is 0 Å². The fourth-order valence-corrected chi connectivity index (χ4v) is 6.86. The molecule has 2 aliphatic carbocycles. The molecule has 1 aromatic carbocycles. The van der Waals surface area contributed by atoms with Crippen molar-refractivity contribution in [3.05, 3.63) is 59.5 Å². The average molecular weight is 533 g/mol. The van der Waals surface area contributed by atoms with E-state index in [1.165, 1.54) is 22.5 Å². The van der Waals surface area contributed by atoms with Gasteiger partial charge in [-0.3, -0.25) is 4.98 Å². The number of rotatable bonds is 7. The number of fused-ring (bicyclic) bond motifs is 2. The van der Waals surface area contributed by atoms with Crippen molar-refractivity contribution in [3.8, 4) is 10.6 Å². The normalized spacial score (nSPS) is 24.0. The number of nitrogens with zero attached hydrogens (tertiary/aromatic N) is 4. The number of thiazole rings is 1. The maximum Gasteiger partial charge on any atom is 0.224 e. The molecule has 0 aliphatic heterocycles. The minimum Gasteiger partial charge on any atom is -0.396 e. The lowest BCUT2D eigenvalue weighted by Gasteiger charge is -2.25. The molecule has 198 valence electrons. The molecule has 1 fully saturated rings. The standard InChI is InChI=1S/C28H32N6O3S/c1-15-22(26-33-20-12-29-8-7-21(20)38-26)25(32-19-9-18(13-35)23(36)24(19)37)34-27(31-15)30-14-28(2)10-16-5-3-4-6-17(16)11-28/h3-8,12,18-19,23-24,35-37H,9-11,13-14H2,1-2H3,(H2,30,31,32,34)/t18-,19-,23-,24+/m1/s1. The van der Waals surface area contributed by atoms with E-state index in [1.54, 1.807) is 12.4 Å². The van der Waals surface area contributed by atoms with Crippen LogP contribution < -0.4 is 10.6 Å². The second kappa shape index (κ2) is 9.85. The van der Waals surface area contributed by atoms with E-state index in [0.29, 0.717) is 24.7 Å². The lowest BCUT2D eigenvalue weighted by molar-refractivity contribution is 0.00446. The third kappa shape index (κ3) is 4.62. The Kier molecular flexibility index (Phi) is 6.51. The number of pyridine rings is 1. The van der Waals surface area contributed by atoms with Gasteiger partial charge >= 0.3 is 0 Å². The van der Waals surface area contributed by atoms with Gasteiger partial charge in [-0.05, 0) is 48.8 Å². The number of aromatic nitrogens is 4. The Morgan fingerprint density at radius 1 is 1.05 bits per heavy atom. The van der Waals surface area contributed by atoms with Gasteiger partial charge in [-0.1, -0.05) is 31.2 Å². The molecule has 0 bridgehead atoms. The topological polar surface area (TPSA) is 136 Å². The molecule has 0 saturated heterocycles. The van der Waals surface area contributed by atoms with Gasteiger partial charge in [-0.25, -0.2) is 9.97 Å². The quantitative estimate of drug-likeness (QED) is 0.243. The van der Waals surface area contributed by atoms with E-state index in [0.717, 1.165) is 39.3 Å². The van der Waals surface area contributed by atoms with Crippen molar-refractivity contribution in [2.45, 2.75) is 51.4 Å². The van der Waals surface area contributed by atoms with Gasteiger partial charge in [0, 0.05) is 25.3 Å². The molecule has 0 spiro atoms. The number of benzene rings is 1. The number of nitrogens with one attached hydrogen (secondary N) is 2. The van der Waals surface area contributed by atoms with E-state index in [9.17, 15) is 15.3 Å². The summed E-state index contributed by atoms with van der Waals surface area (Å²) in [6.07, 6.45) is 3.86. The maximum absolute atomic E-state index is 10.7. The number of aliphatic hydroxyl groups excluding tert-OH is 3. The van der Waals surface area contributed by atoms with E-state index < -0.39 is 24.2 Å². The summed E-state index contributed by atoms with van der Waals surface area (Å²) in [5.41, 5.74) is 5.14. The van der Waals surface area contributed by atoms with Crippen LogP contribution in [-0.2, 0) is 12.8 Å². The Morgan fingerprint density at radius 2 is 1.82 bits per heavy atom. The Balaban J connectivity index is 1.32. The van der Waals surface area contributed by atoms with Gasteiger partial charge in [-0.15, -0.1) is 11.3 Å². The third-order valence-corrected chi connectivity index (χ3v) is 8.93. The highest BCUT2D eigenvalue weighted by Gasteiger charge is 2.41. The first kappa shape index (κ1) is 25.1. The first-order valence-electron chi connectivity index (χ1n) is 13.0. The van der Waals surface area contributed by atoms with Gasteiger partial charge in [0.25, 0.3) is 0 Å². The Morgan fingerprint density at radius 3 is 2.50 bits per heavy atom. The molecule has 3 aromatic heterocycles. The fraction of sp³-hybridized carbons (Fsp3) is 0.429. The fourth-order valence-electron chi connectivity index (χ4n) is 5.83. The number of anilines is 2. The highest BCUT2D eigenvalue weighted by Crippen LogP contribution is 2.39. The van der Waals surface area contributed by atoms with Crippen LogP contribution in [0.15, 0.2) is 42.7 Å². The maximum atomic E-state index is 10.7. The summed E-state index contributed by atoms with van der Waals surface area (Å²) < 4.78 is 1.01. The molecule has 2 aliphatic rings. The van der Waals surface area contributed by atoms with E-state index in [1.807, 2.05) is 13.0 Å². The predicted octanol–water partition coefficient (Wildman–Crippen LogP) is 3.19. The Labute approximate surface area is 225 Å². The van der Waals surface area contributed by atoms with Crippen molar-refractivity contribution in [3.63, 3.8) is 0 Å². The zero-order chi connectivity index (χ0) is 26.4. The predicted molar refractivity (Wildman–Crippen MR) is 148 cm³/mol. The average Bonchev–Trinajstić information content (AvgIpc) is 3.56. The van der Waals surface area contributed by atoms with Crippen LogP contribution in [0.3, 0.4) is 0 Å². The number of hydrogen-bond acceptors (Lipinski definition) is 10. The van der Waals surface area contributed by atoms with Gasteiger partial charge in [-0.2, -0.15) is 4.98 Å². The van der Waals surface area contributed by atoms with Crippen molar-refractivity contribution < 1.29 is 15.3 Å². The van der Waals surface area contributed by atoms with Crippen molar-refractivity contribution in [1.82, 2.24) is 19.9 Å². The highest BCUT2D eigenvalue weighted by atomic mass is 32.1. The van der Waals surface area contributed by atoms with Crippen molar-refractivity contribution in [1.29, 1.82) is 0 Å². The molecule has 38 heavy (non-hydrogen) atoms. The molecule has 5 N–H and O–H groups in total. The van der Waals surface area contributed by atoms with Crippen molar-refractivity contribution in [2.75, 3.05) is 23.8 Å². The summed E-state index contributed by atoms with van der Waals surface area (Å²) in [6.45, 7) is 4.73. The first-order chi connectivity index (χ1) is 18.3. The highest BCUT2D eigenvalue weighted by molar-refractivity contribution is 7.21. The van der Waals surface area contributed by atoms with Crippen LogP contribution in [0, 0.1) is 18.3 Å². The molecule has 10 heteroatoms. The van der Waals surface area contributed by atoms with Gasteiger partial charge in [0.15, 0.2) is 0 Å². The molecular formula is C28H32N6O3S. The Hall–Kier alpha value is -3.18. The van der Waals surface area contributed by atoms with Crippen LogP contribution in [0.2, 0.25) is 0 Å². The lowest BCUT2D eigenvalue weighted by Crippen LogP contribution is -2.36. The minimum absolute atomic E-state index is 0.0490. The van der Waals surface area contributed by atoms with Gasteiger partial charge in [0.2, 0.25) is 5.95 Å². The summed E-state index contributed by atoms with van der Waals surface area (Å²) in [4.78, 5) is 18.6. The molecule has 6 rings (SSSR count). The first-order valence-corrected chi connectivity index (χ1v) is 13.8. The summed E-state index contributed by atoms with van der Waals surface area (Å²) in [5, 5.41) is 38.3.